The minimum Gasteiger partial charge on any atom is -0.480 e. The fourth-order valence-electron chi connectivity index (χ4n) is 2.53. The molecule has 1 saturated carbocycles. The predicted molar refractivity (Wildman–Crippen MR) is 68.3 cm³/mol. The van der Waals surface area contributed by atoms with Crippen LogP contribution in [0.2, 0.25) is 0 Å². The SMILES string of the molecule is Cc1nccn1CC(NC(C)C)(C(=O)O)C1CC1. The van der Waals surface area contributed by atoms with E-state index in [0.29, 0.717) is 6.54 Å². The van der Waals surface area contributed by atoms with Gasteiger partial charge in [-0.1, -0.05) is 0 Å². The summed E-state index contributed by atoms with van der Waals surface area (Å²) >= 11 is 0. The van der Waals surface area contributed by atoms with E-state index in [-0.39, 0.29) is 12.0 Å². The van der Waals surface area contributed by atoms with E-state index in [9.17, 15) is 9.90 Å². The Balaban J connectivity index is 2.28. The number of nitrogens with zero attached hydrogens (tertiary/aromatic N) is 2. The highest BCUT2D eigenvalue weighted by Crippen LogP contribution is 2.41. The number of carboxylic acids is 1. The summed E-state index contributed by atoms with van der Waals surface area (Å²) in [5.74, 6) is 0.317. The van der Waals surface area contributed by atoms with E-state index in [1.54, 1.807) is 6.20 Å². The number of nitrogens with one attached hydrogen (secondary N) is 1. The summed E-state index contributed by atoms with van der Waals surface area (Å²) in [4.78, 5) is 15.9. The quantitative estimate of drug-likeness (QED) is 0.802. The molecule has 18 heavy (non-hydrogen) atoms. The van der Waals surface area contributed by atoms with Crippen molar-refractivity contribution < 1.29 is 9.90 Å². The van der Waals surface area contributed by atoms with Gasteiger partial charge in [0.25, 0.3) is 0 Å². The molecule has 1 atom stereocenters. The zero-order chi connectivity index (χ0) is 13.3. The van der Waals surface area contributed by atoms with Crippen LogP contribution in [0.4, 0.5) is 0 Å². The smallest absolute Gasteiger partial charge is 0.326 e. The number of hydrogen-bond donors (Lipinski definition) is 2. The number of aromatic nitrogens is 2. The number of hydrogen-bond acceptors (Lipinski definition) is 3. The molecule has 0 bridgehead atoms. The Labute approximate surface area is 107 Å². The summed E-state index contributed by atoms with van der Waals surface area (Å²) in [5, 5.41) is 12.9. The molecule has 1 aromatic heterocycles. The van der Waals surface area contributed by atoms with Gasteiger partial charge in [0.1, 0.15) is 11.4 Å². The van der Waals surface area contributed by atoms with Crippen LogP contribution in [0.25, 0.3) is 0 Å². The average molecular weight is 251 g/mol. The number of imidazole rings is 1. The monoisotopic (exact) mass is 251 g/mol. The topological polar surface area (TPSA) is 67.2 Å². The maximum atomic E-state index is 11.8. The lowest BCUT2D eigenvalue weighted by atomic mass is 9.91. The van der Waals surface area contributed by atoms with Crippen molar-refractivity contribution in [3.8, 4) is 0 Å². The number of carboxylic acid groups (broad SMARTS) is 1. The molecule has 5 heteroatoms. The van der Waals surface area contributed by atoms with Gasteiger partial charge in [-0.05, 0) is 39.5 Å². The van der Waals surface area contributed by atoms with Gasteiger partial charge in [-0.15, -0.1) is 0 Å². The zero-order valence-electron chi connectivity index (χ0n) is 11.2. The molecule has 0 saturated heterocycles. The van der Waals surface area contributed by atoms with Crippen LogP contribution >= 0.6 is 0 Å². The summed E-state index contributed by atoms with van der Waals surface area (Å²) in [6, 6.07) is 0.144. The molecule has 1 fully saturated rings. The third-order valence-corrected chi connectivity index (χ3v) is 3.55. The van der Waals surface area contributed by atoms with Crippen molar-refractivity contribution in [2.24, 2.45) is 5.92 Å². The Kier molecular flexibility index (Phi) is 3.43. The third-order valence-electron chi connectivity index (χ3n) is 3.55. The molecular weight excluding hydrogens is 230 g/mol. The molecule has 100 valence electrons. The van der Waals surface area contributed by atoms with Crippen LogP contribution in [0.15, 0.2) is 12.4 Å². The maximum absolute atomic E-state index is 11.8. The second-order valence-electron chi connectivity index (χ2n) is 5.45. The third kappa shape index (κ3) is 2.41. The van der Waals surface area contributed by atoms with Crippen LogP contribution in [0.1, 0.15) is 32.5 Å². The highest BCUT2D eigenvalue weighted by atomic mass is 16.4. The molecule has 2 N–H and O–H groups in total. The van der Waals surface area contributed by atoms with Gasteiger partial charge in [-0.3, -0.25) is 10.1 Å². The summed E-state index contributed by atoms with van der Waals surface area (Å²) in [5.41, 5.74) is -0.861. The minimum atomic E-state index is -0.861. The molecule has 1 unspecified atom stereocenters. The lowest BCUT2D eigenvalue weighted by molar-refractivity contribution is -0.147. The maximum Gasteiger partial charge on any atom is 0.326 e. The molecule has 1 aromatic rings. The van der Waals surface area contributed by atoms with Crippen molar-refractivity contribution >= 4 is 5.97 Å². The van der Waals surface area contributed by atoms with E-state index in [1.807, 2.05) is 31.5 Å². The molecule has 1 aliphatic rings. The van der Waals surface area contributed by atoms with Gasteiger partial charge in [0, 0.05) is 18.4 Å². The number of aliphatic carboxylic acids is 1. The Morgan fingerprint density at radius 1 is 1.67 bits per heavy atom. The first-order valence-electron chi connectivity index (χ1n) is 6.44. The minimum absolute atomic E-state index is 0.144. The zero-order valence-corrected chi connectivity index (χ0v) is 11.2. The van der Waals surface area contributed by atoms with Crippen LogP contribution in [0.3, 0.4) is 0 Å². The van der Waals surface area contributed by atoms with Gasteiger partial charge in [0.05, 0.1) is 6.54 Å². The second-order valence-corrected chi connectivity index (χ2v) is 5.45. The Bertz CT molecular complexity index is 437. The normalized spacial score (nSPS) is 18.9. The van der Waals surface area contributed by atoms with Gasteiger partial charge in [-0.2, -0.15) is 0 Å². The lowest BCUT2D eigenvalue weighted by Gasteiger charge is -2.33. The number of rotatable bonds is 6. The van der Waals surface area contributed by atoms with Crippen molar-refractivity contribution in [1.29, 1.82) is 0 Å². The van der Waals surface area contributed by atoms with Gasteiger partial charge in [-0.25, -0.2) is 4.98 Å². The van der Waals surface area contributed by atoms with Gasteiger partial charge in [0.15, 0.2) is 0 Å². The van der Waals surface area contributed by atoms with Crippen molar-refractivity contribution in [3.05, 3.63) is 18.2 Å². The molecule has 0 aliphatic heterocycles. The standard InChI is InChI=1S/C13H21N3O2/c1-9(2)15-13(12(17)18,11-4-5-11)8-16-7-6-14-10(16)3/h6-7,9,11,15H,4-5,8H2,1-3H3,(H,17,18). The Morgan fingerprint density at radius 2 is 2.33 bits per heavy atom. The largest absolute Gasteiger partial charge is 0.480 e. The van der Waals surface area contributed by atoms with Crippen LogP contribution in [0, 0.1) is 12.8 Å². The summed E-state index contributed by atoms with van der Waals surface area (Å²) in [7, 11) is 0. The van der Waals surface area contributed by atoms with Gasteiger partial charge < -0.3 is 9.67 Å². The highest BCUT2D eigenvalue weighted by molar-refractivity contribution is 5.80. The van der Waals surface area contributed by atoms with E-state index in [4.69, 9.17) is 0 Å². The summed E-state index contributed by atoms with van der Waals surface area (Å²) < 4.78 is 1.92. The Morgan fingerprint density at radius 3 is 2.72 bits per heavy atom. The lowest BCUT2D eigenvalue weighted by Crippen LogP contribution is -2.59. The molecule has 0 radical (unpaired) electrons. The molecule has 0 spiro atoms. The number of aryl methyl sites for hydroxylation is 1. The van der Waals surface area contributed by atoms with Crippen molar-refractivity contribution in [2.75, 3.05) is 0 Å². The predicted octanol–water partition coefficient (Wildman–Crippen LogP) is 1.42. The molecular formula is C13H21N3O2. The molecule has 2 rings (SSSR count). The molecule has 5 nitrogen and oxygen atoms in total. The molecule has 1 aliphatic carbocycles. The highest BCUT2D eigenvalue weighted by Gasteiger charge is 2.51. The summed E-state index contributed by atoms with van der Waals surface area (Å²) in [6.07, 6.45) is 5.53. The molecule has 1 heterocycles. The van der Waals surface area contributed by atoms with Crippen molar-refractivity contribution in [2.45, 2.75) is 51.7 Å². The van der Waals surface area contributed by atoms with Crippen LogP contribution in [0.5, 0.6) is 0 Å². The van der Waals surface area contributed by atoms with Crippen molar-refractivity contribution in [3.63, 3.8) is 0 Å². The van der Waals surface area contributed by atoms with Gasteiger partial charge in [0.2, 0.25) is 0 Å². The van der Waals surface area contributed by atoms with Crippen LogP contribution < -0.4 is 5.32 Å². The van der Waals surface area contributed by atoms with Crippen molar-refractivity contribution in [1.82, 2.24) is 14.9 Å². The van der Waals surface area contributed by atoms with E-state index in [1.165, 1.54) is 0 Å². The van der Waals surface area contributed by atoms with E-state index >= 15 is 0 Å². The fourth-order valence-corrected chi connectivity index (χ4v) is 2.53. The first-order chi connectivity index (χ1) is 8.45. The second kappa shape index (κ2) is 4.72. The number of carbonyl (C=O) groups is 1. The van der Waals surface area contributed by atoms with Gasteiger partial charge >= 0.3 is 5.97 Å². The first-order valence-corrected chi connectivity index (χ1v) is 6.44. The summed E-state index contributed by atoms with van der Waals surface area (Å²) in [6.45, 7) is 6.31. The van der Waals surface area contributed by atoms with E-state index in [0.717, 1.165) is 18.7 Å². The molecule has 0 amide bonds. The first kappa shape index (κ1) is 13.1. The van der Waals surface area contributed by atoms with E-state index in [2.05, 4.69) is 10.3 Å². The van der Waals surface area contributed by atoms with Crippen LogP contribution in [-0.2, 0) is 11.3 Å². The fraction of sp³-hybridized carbons (Fsp3) is 0.692. The molecule has 0 aromatic carbocycles. The Hall–Kier alpha value is -1.36. The average Bonchev–Trinajstić information content (AvgIpc) is 3.04. The van der Waals surface area contributed by atoms with E-state index < -0.39 is 11.5 Å². The van der Waals surface area contributed by atoms with Crippen LogP contribution in [-0.4, -0.2) is 32.2 Å².